The lowest BCUT2D eigenvalue weighted by molar-refractivity contribution is -0.384. The number of carbonyl (C=O) groups is 1. The van der Waals surface area contributed by atoms with Crippen LogP contribution in [0.25, 0.3) is 0 Å². The summed E-state index contributed by atoms with van der Waals surface area (Å²) in [6.45, 7) is 2.65. The molecule has 0 atom stereocenters. The fourth-order valence-corrected chi connectivity index (χ4v) is 1.76. The van der Waals surface area contributed by atoms with Gasteiger partial charge in [0.2, 0.25) is 5.91 Å². The molecule has 0 saturated heterocycles. The Labute approximate surface area is 122 Å². The Kier molecular flexibility index (Phi) is 6.25. The third-order valence-corrected chi connectivity index (χ3v) is 2.74. The van der Waals surface area contributed by atoms with Crippen LogP contribution in [0.4, 0.5) is 11.4 Å². The summed E-state index contributed by atoms with van der Waals surface area (Å²) in [6.07, 6.45) is 0.222. The van der Waals surface area contributed by atoms with Crippen molar-refractivity contribution in [3.8, 4) is 11.5 Å². The van der Waals surface area contributed by atoms with Crippen molar-refractivity contribution in [1.29, 1.82) is 0 Å². The summed E-state index contributed by atoms with van der Waals surface area (Å²) >= 11 is 0. The number of nitro groups is 1. The molecule has 8 nitrogen and oxygen atoms in total. The normalized spacial score (nSPS) is 9.86. The van der Waals surface area contributed by atoms with Gasteiger partial charge in [-0.15, -0.1) is 0 Å². The molecule has 21 heavy (non-hydrogen) atoms. The highest BCUT2D eigenvalue weighted by atomic mass is 16.6. The number of anilines is 1. The van der Waals surface area contributed by atoms with Crippen LogP contribution in [0.5, 0.6) is 11.5 Å². The van der Waals surface area contributed by atoms with Crippen LogP contribution >= 0.6 is 0 Å². The Morgan fingerprint density at radius 1 is 1.29 bits per heavy atom. The second-order valence-corrected chi connectivity index (χ2v) is 4.11. The average Bonchev–Trinajstić information content (AvgIpc) is 2.46. The molecule has 0 unspecified atom stereocenters. The molecule has 1 aromatic carbocycles. The maximum absolute atomic E-state index is 11.3. The SMILES string of the molecule is CCNC(=O)CCNc1cc(OC)c(OC)cc1[N+](=O)[O-]. The molecule has 1 amide bonds. The predicted molar refractivity (Wildman–Crippen MR) is 78.0 cm³/mol. The van der Waals surface area contributed by atoms with E-state index >= 15 is 0 Å². The summed E-state index contributed by atoms with van der Waals surface area (Å²) in [5, 5.41) is 16.6. The number of nitrogens with zero attached hydrogens (tertiary/aromatic N) is 1. The molecule has 116 valence electrons. The van der Waals surface area contributed by atoms with E-state index in [9.17, 15) is 14.9 Å². The highest BCUT2D eigenvalue weighted by Crippen LogP contribution is 2.37. The smallest absolute Gasteiger partial charge is 0.296 e. The van der Waals surface area contributed by atoms with Gasteiger partial charge in [0.1, 0.15) is 5.69 Å². The van der Waals surface area contributed by atoms with E-state index in [1.807, 2.05) is 6.92 Å². The lowest BCUT2D eigenvalue weighted by Crippen LogP contribution is -2.24. The molecule has 0 bridgehead atoms. The van der Waals surface area contributed by atoms with E-state index in [0.29, 0.717) is 12.3 Å². The number of rotatable bonds is 8. The summed E-state index contributed by atoms with van der Waals surface area (Å²) in [4.78, 5) is 21.9. The van der Waals surface area contributed by atoms with E-state index in [1.54, 1.807) is 0 Å². The maximum atomic E-state index is 11.3. The summed E-state index contributed by atoms with van der Waals surface area (Å²) < 4.78 is 10.1. The second-order valence-electron chi connectivity index (χ2n) is 4.11. The van der Waals surface area contributed by atoms with Gasteiger partial charge < -0.3 is 20.1 Å². The van der Waals surface area contributed by atoms with Gasteiger partial charge in [-0.1, -0.05) is 0 Å². The zero-order chi connectivity index (χ0) is 15.8. The number of hydrogen-bond donors (Lipinski definition) is 2. The van der Waals surface area contributed by atoms with Crippen molar-refractivity contribution in [3.63, 3.8) is 0 Å². The van der Waals surface area contributed by atoms with Crippen molar-refractivity contribution in [1.82, 2.24) is 5.32 Å². The van der Waals surface area contributed by atoms with Crippen molar-refractivity contribution in [2.45, 2.75) is 13.3 Å². The monoisotopic (exact) mass is 297 g/mol. The van der Waals surface area contributed by atoms with E-state index in [2.05, 4.69) is 10.6 Å². The van der Waals surface area contributed by atoms with E-state index in [1.165, 1.54) is 26.4 Å². The molecule has 0 aliphatic heterocycles. The molecule has 0 aliphatic carbocycles. The maximum Gasteiger partial charge on any atom is 0.296 e. The molecule has 2 N–H and O–H groups in total. The molecule has 1 rings (SSSR count). The van der Waals surface area contributed by atoms with Gasteiger partial charge in [-0.3, -0.25) is 14.9 Å². The van der Waals surface area contributed by atoms with Gasteiger partial charge in [-0.25, -0.2) is 0 Å². The average molecular weight is 297 g/mol. The minimum atomic E-state index is -0.517. The Balaban J connectivity index is 2.89. The fourth-order valence-electron chi connectivity index (χ4n) is 1.76. The van der Waals surface area contributed by atoms with Gasteiger partial charge >= 0.3 is 0 Å². The second kappa shape index (κ2) is 7.93. The first-order chi connectivity index (χ1) is 10.0. The first kappa shape index (κ1) is 16.5. The third kappa shape index (κ3) is 4.51. The highest BCUT2D eigenvalue weighted by molar-refractivity contribution is 5.77. The van der Waals surface area contributed by atoms with Crippen molar-refractivity contribution in [2.24, 2.45) is 0 Å². The van der Waals surface area contributed by atoms with Gasteiger partial charge in [0.25, 0.3) is 5.69 Å². The van der Waals surface area contributed by atoms with Crippen LogP contribution in [-0.4, -0.2) is 38.1 Å². The Morgan fingerprint density at radius 2 is 1.90 bits per heavy atom. The molecule has 0 fully saturated rings. The Morgan fingerprint density at radius 3 is 2.43 bits per heavy atom. The van der Waals surface area contributed by atoms with Crippen molar-refractivity contribution in [2.75, 3.05) is 32.6 Å². The number of amides is 1. The van der Waals surface area contributed by atoms with Crippen LogP contribution in [0.15, 0.2) is 12.1 Å². The lowest BCUT2D eigenvalue weighted by Gasteiger charge is -2.12. The van der Waals surface area contributed by atoms with Crippen molar-refractivity contribution < 1.29 is 19.2 Å². The molecular weight excluding hydrogens is 278 g/mol. The summed E-state index contributed by atoms with van der Waals surface area (Å²) in [6, 6.07) is 2.77. The van der Waals surface area contributed by atoms with Crippen molar-refractivity contribution >= 4 is 17.3 Å². The highest BCUT2D eigenvalue weighted by Gasteiger charge is 2.19. The summed E-state index contributed by atoms with van der Waals surface area (Å²) in [5.41, 5.74) is 0.144. The first-order valence-corrected chi connectivity index (χ1v) is 6.44. The summed E-state index contributed by atoms with van der Waals surface area (Å²) in [5.74, 6) is 0.537. The number of nitrogens with one attached hydrogen (secondary N) is 2. The minimum absolute atomic E-state index is 0.117. The number of hydrogen-bond acceptors (Lipinski definition) is 6. The molecule has 1 aromatic rings. The summed E-state index contributed by atoms with van der Waals surface area (Å²) in [7, 11) is 2.85. The largest absolute Gasteiger partial charge is 0.493 e. The topological polar surface area (TPSA) is 103 Å². The molecule has 0 saturated carbocycles. The van der Waals surface area contributed by atoms with Crippen LogP contribution < -0.4 is 20.1 Å². The zero-order valence-corrected chi connectivity index (χ0v) is 12.3. The van der Waals surface area contributed by atoms with Crippen LogP contribution in [0.1, 0.15) is 13.3 Å². The zero-order valence-electron chi connectivity index (χ0n) is 12.3. The number of carbonyl (C=O) groups excluding carboxylic acids is 1. The Hall–Kier alpha value is -2.51. The third-order valence-electron chi connectivity index (χ3n) is 2.74. The van der Waals surface area contributed by atoms with Crippen molar-refractivity contribution in [3.05, 3.63) is 22.2 Å². The standard InChI is InChI=1S/C13H19N3O5/c1-4-14-13(17)5-6-15-9-7-11(20-2)12(21-3)8-10(9)16(18)19/h7-8,15H,4-6H2,1-3H3,(H,14,17). The number of benzene rings is 1. The molecule has 0 spiro atoms. The van der Waals surface area contributed by atoms with E-state index in [-0.39, 0.29) is 36.0 Å². The van der Waals surface area contributed by atoms with Crippen LogP contribution in [-0.2, 0) is 4.79 Å². The van der Waals surface area contributed by atoms with E-state index < -0.39 is 4.92 Å². The fraction of sp³-hybridized carbons (Fsp3) is 0.462. The minimum Gasteiger partial charge on any atom is -0.493 e. The molecule has 0 heterocycles. The Bertz CT molecular complexity index is 519. The van der Waals surface area contributed by atoms with E-state index in [4.69, 9.17) is 9.47 Å². The number of ether oxygens (including phenoxy) is 2. The molecular formula is C13H19N3O5. The van der Waals surface area contributed by atoms with Gasteiger partial charge in [0.05, 0.1) is 25.2 Å². The predicted octanol–water partition coefficient (Wildman–Crippen LogP) is 1.55. The van der Waals surface area contributed by atoms with Crippen LogP contribution in [0.3, 0.4) is 0 Å². The molecule has 0 aromatic heterocycles. The van der Waals surface area contributed by atoms with Gasteiger partial charge in [-0.2, -0.15) is 0 Å². The first-order valence-electron chi connectivity index (χ1n) is 6.44. The van der Waals surface area contributed by atoms with Gasteiger partial charge in [0.15, 0.2) is 11.5 Å². The molecule has 0 radical (unpaired) electrons. The van der Waals surface area contributed by atoms with Crippen LogP contribution in [0, 0.1) is 10.1 Å². The lowest BCUT2D eigenvalue weighted by atomic mass is 10.2. The van der Waals surface area contributed by atoms with E-state index in [0.717, 1.165) is 0 Å². The van der Waals surface area contributed by atoms with Gasteiger partial charge in [-0.05, 0) is 6.92 Å². The number of nitro benzene ring substituents is 1. The quantitative estimate of drug-likeness (QED) is 0.557. The number of methoxy groups -OCH3 is 2. The van der Waals surface area contributed by atoms with Crippen LogP contribution in [0.2, 0.25) is 0 Å². The van der Waals surface area contributed by atoms with Gasteiger partial charge in [0, 0.05) is 25.6 Å². The molecule has 8 heteroatoms. The molecule has 0 aliphatic rings.